The van der Waals surface area contributed by atoms with Gasteiger partial charge in [0.15, 0.2) is 34.5 Å². The van der Waals surface area contributed by atoms with Crippen LogP contribution < -0.4 is 24.3 Å². The van der Waals surface area contributed by atoms with Crippen LogP contribution in [0.2, 0.25) is 0 Å². The Bertz CT molecular complexity index is 1550. The first-order valence-corrected chi connectivity index (χ1v) is 14.8. The molecule has 0 spiro atoms. The maximum Gasteiger partial charge on any atom is 0.226 e. The van der Waals surface area contributed by atoms with E-state index < -0.39 is 0 Å². The van der Waals surface area contributed by atoms with Crippen LogP contribution in [0.5, 0.6) is 23.0 Å². The van der Waals surface area contributed by atoms with Gasteiger partial charge in [-0.2, -0.15) is 4.52 Å². The van der Waals surface area contributed by atoms with Gasteiger partial charge < -0.3 is 24.3 Å². The highest BCUT2D eigenvalue weighted by Crippen LogP contribution is 2.35. The molecule has 2 aromatic carbocycles. The first-order valence-electron chi connectivity index (χ1n) is 14.8. The van der Waals surface area contributed by atoms with Gasteiger partial charge in [-0.15, -0.1) is 5.10 Å². The van der Waals surface area contributed by atoms with E-state index in [-0.39, 0.29) is 0 Å². The molecule has 10 heteroatoms. The van der Waals surface area contributed by atoms with E-state index in [9.17, 15) is 0 Å². The molecule has 6 rings (SSSR count). The van der Waals surface area contributed by atoms with Crippen LogP contribution in [0, 0.1) is 0 Å². The number of methoxy groups -OCH3 is 4. The van der Waals surface area contributed by atoms with Crippen LogP contribution >= 0.6 is 0 Å². The molecule has 0 unspecified atom stereocenters. The van der Waals surface area contributed by atoms with Crippen LogP contribution in [0.4, 0.5) is 5.95 Å². The number of hydrogen-bond acceptors (Lipinski definition) is 9. The number of nitrogens with one attached hydrogen (secondary N) is 1. The van der Waals surface area contributed by atoms with Gasteiger partial charge in [0.25, 0.3) is 0 Å². The average Bonchev–Trinajstić information content (AvgIpc) is 3.50. The Labute approximate surface area is 247 Å². The molecular weight excluding hydrogens is 532 g/mol. The molecule has 3 heterocycles. The number of aromatic nitrogens is 4. The van der Waals surface area contributed by atoms with Crippen LogP contribution in [0.1, 0.15) is 66.1 Å². The van der Waals surface area contributed by atoms with Gasteiger partial charge in [-0.1, -0.05) is 25.3 Å². The minimum absolute atomic E-state index is 0.398. The van der Waals surface area contributed by atoms with Crippen molar-refractivity contribution < 1.29 is 18.9 Å². The van der Waals surface area contributed by atoms with Crippen LogP contribution in [-0.2, 0) is 26.1 Å². The van der Waals surface area contributed by atoms with Gasteiger partial charge in [0.05, 0.1) is 28.4 Å². The second-order valence-corrected chi connectivity index (χ2v) is 11.1. The number of anilines is 1. The molecular formula is C32H40N6O4. The van der Waals surface area contributed by atoms with E-state index in [0.29, 0.717) is 29.9 Å². The van der Waals surface area contributed by atoms with Crippen LogP contribution in [0.3, 0.4) is 0 Å². The number of ether oxygens (including phenoxy) is 4. The van der Waals surface area contributed by atoms with Gasteiger partial charge >= 0.3 is 0 Å². The third-order valence-corrected chi connectivity index (χ3v) is 8.51. The normalized spacial score (nSPS) is 15.8. The van der Waals surface area contributed by atoms with Crippen molar-refractivity contribution in [3.63, 3.8) is 0 Å². The summed E-state index contributed by atoms with van der Waals surface area (Å²) in [6.45, 7) is 3.07. The zero-order valence-electron chi connectivity index (χ0n) is 25.0. The van der Waals surface area contributed by atoms with Gasteiger partial charge in [-0.3, -0.25) is 4.90 Å². The number of fused-ring (bicyclic) bond motifs is 2. The summed E-state index contributed by atoms with van der Waals surface area (Å²) in [5.41, 5.74) is 5.58. The van der Waals surface area contributed by atoms with Gasteiger partial charge in [-0.05, 0) is 60.2 Å². The summed E-state index contributed by atoms with van der Waals surface area (Å²) in [5, 5.41) is 8.52. The predicted octanol–water partition coefficient (Wildman–Crippen LogP) is 5.38. The zero-order chi connectivity index (χ0) is 29.1. The van der Waals surface area contributed by atoms with Gasteiger partial charge in [0, 0.05) is 43.9 Å². The number of nitrogens with zero attached hydrogens (tertiary/aromatic N) is 5. The van der Waals surface area contributed by atoms with Crippen molar-refractivity contribution in [3.05, 3.63) is 64.6 Å². The van der Waals surface area contributed by atoms with E-state index in [0.717, 1.165) is 73.0 Å². The molecule has 1 aliphatic heterocycles. The molecule has 10 nitrogen and oxygen atoms in total. The molecule has 0 bridgehead atoms. The van der Waals surface area contributed by atoms with Crippen molar-refractivity contribution in [2.75, 3.05) is 40.3 Å². The van der Waals surface area contributed by atoms with Crippen molar-refractivity contribution in [1.29, 1.82) is 0 Å². The molecule has 1 aliphatic carbocycles. The summed E-state index contributed by atoms with van der Waals surface area (Å²) in [6.07, 6.45) is 8.95. The molecule has 1 fully saturated rings. The molecule has 0 atom stereocenters. The second-order valence-electron chi connectivity index (χ2n) is 11.1. The molecule has 0 saturated heterocycles. The van der Waals surface area contributed by atoms with Crippen molar-refractivity contribution in [1.82, 2.24) is 24.5 Å². The molecule has 2 aromatic heterocycles. The lowest BCUT2D eigenvalue weighted by Crippen LogP contribution is -2.30. The fraction of sp³-hybridized carbons (Fsp3) is 0.469. The molecule has 4 aromatic rings. The summed E-state index contributed by atoms with van der Waals surface area (Å²) in [7, 11) is 6.66. The highest BCUT2D eigenvalue weighted by molar-refractivity contribution is 5.52. The molecule has 2 aliphatic rings. The van der Waals surface area contributed by atoms with Gasteiger partial charge in [0.1, 0.15) is 0 Å². The molecule has 222 valence electrons. The summed E-state index contributed by atoms with van der Waals surface area (Å²) < 4.78 is 23.9. The number of benzene rings is 2. The van der Waals surface area contributed by atoms with Crippen LogP contribution in [-0.4, -0.2) is 59.5 Å². The largest absolute Gasteiger partial charge is 0.493 e. The molecule has 42 heavy (non-hydrogen) atoms. The fourth-order valence-electron chi connectivity index (χ4n) is 6.19. The third kappa shape index (κ3) is 5.68. The topological polar surface area (TPSA) is 95.3 Å². The monoisotopic (exact) mass is 572 g/mol. The SMILES string of the molecule is COc1ccc(CNc2ncc(CN3CCc4cc(OC)c(OC)cc4C3)c3nc(C4CCCCC4)nn23)cc1OC. The minimum Gasteiger partial charge on any atom is -0.493 e. The lowest BCUT2D eigenvalue weighted by molar-refractivity contribution is 0.244. The van der Waals surface area contributed by atoms with E-state index in [2.05, 4.69) is 22.3 Å². The van der Waals surface area contributed by atoms with Crippen molar-refractivity contribution >= 4 is 11.6 Å². The Morgan fingerprint density at radius 3 is 2.31 bits per heavy atom. The van der Waals surface area contributed by atoms with Gasteiger partial charge in [0.2, 0.25) is 5.95 Å². The van der Waals surface area contributed by atoms with E-state index in [4.69, 9.17) is 34.0 Å². The first kappa shape index (κ1) is 28.1. The summed E-state index contributed by atoms with van der Waals surface area (Å²) in [6, 6.07) is 10.1. The third-order valence-electron chi connectivity index (χ3n) is 8.51. The van der Waals surface area contributed by atoms with E-state index in [1.807, 2.05) is 28.9 Å². The maximum absolute atomic E-state index is 5.57. The smallest absolute Gasteiger partial charge is 0.226 e. The van der Waals surface area contributed by atoms with Crippen LogP contribution in [0.25, 0.3) is 5.65 Å². The highest BCUT2D eigenvalue weighted by Gasteiger charge is 2.24. The standard InChI is InChI=1S/C32H40N6O4/c1-39-26-11-10-21(14-27(26)40-2)17-33-32-34-18-25(31-35-30(36-38(31)32)22-8-6-5-7-9-22)20-37-13-12-23-15-28(41-3)29(42-4)16-24(23)19-37/h10-11,14-16,18,22H,5-9,12-13,17,19-20H2,1-4H3,(H,33,34). The van der Waals surface area contributed by atoms with E-state index in [1.54, 1.807) is 28.4 Å². The van der Waals surface area contributed by atoms with Crippen molar-refractivity contribution in [3.8, 4) is 23.0 Å². The Hall–Kier alpha value is -4.05. The first-order chi connectivity index (χ1) is 20.6. The number of rotatable bonds is 10. The maximum atomic E-state index is 5.57. The summed E-state index contributed by atoms with van der Waals surface area (Å²) in [4.78, 5) is 12.4. The Morgan fingerprint density at radius 1 is 0.857 bits per heavy atom. The lowest BCUT2D eigenvalue weighted by atomic mass is 9.89. The van der Waals surface area contributed by atoms with E-state index >= 15 is 0 Å². The number of hydrogen-bond donors (Lipinski definition) is 1. The summed E-state index contributed by atoms with van der Waals surface area (Å²) >= 11 is 0. The highest BCUT2D eigenvalue weighted by atomic mass is 16.5. The average molecular weight is 573 g/mol. The fourth-order valence-corrected chi connectivity index (χ4v) is 6.19. The van der Waals surface area contributed by atoms with Crippen LogP contribution in [0.15, 0.2) is 36.5 Å². The quantitative estimate of drug-likeness (QED) is 0.269. The zero-order valence-corrected chi connectivity index (χ0v) is 25.0. The summed E-state index contributed by atoms with van der Waals surface area (Å²) in [5.74, 6) is 4.96. The van der Waals surface area contributed by atoms with Crippen molar-refractivity contribution in [2.45, 2.75) is 64.1 Å². The molecule has 0 radical (unpaired) electrons. The Morgan fingerprint density at radius 2 is 1.57 bits per heavy atom. The molecule has 1 N–H and O–H groups in total. The van der Waals surface area contributed by atoms with E-state index in [1.165, 1.54) is 30.4 Å². The Balaban J connectivity index is 1.27. The Kier molecular flexibility index (Phi) is 8.32. The lowest BCUT2D eigenvalue weighted by Gasteiger charge is -2.29. The molecule has 0 amide bonds. The second kappa shape index (κ2) is 12.4. The van der Waals surface area contributed by atoms with Gasteiger partial charge in [-0.25, -0.2) is 9.97 Å². The molecule has 1 saturated carbocycles. The van der Waals surface area contributed by atoms with Crippen molar-refractivity contribution in [2.24, 2.45) is 0 Å². The minimum atomic E-state index is 0.398. The predicted molar refractivity (Wildman–Crippen MR) is 161 cm³/mol.